The van der Waals surface area contributed by atoms with Crippen molar-refractivity contribution in [2.24, 2.45) is 0 Å². The number of unbranched alkanes of at least 4 members (excludes halogenated alkanes) is 18. The maximum Gasteiger partial charge on any atom is 0.135 e. The predicted octanol–water partition coefficient (Wildman–Crippen LogP) is 7.86. The number of hydrogen-bond acceptors (Lipinski definition) is 3. The van der Waals surface area contributed by atoms with Gasteiger partial charge in [-0.1, -0.05) is 122 Å². The minimum absolute atomic E-state index is 0.817. The van der Waals surface area contributed by atoms with Gasteiger partial charge in [0.1, 0.15) is 18.5 Å². The van der Waals surface area contributed by atoms with Gasteiger partial charge < -0.3 is 0 Å². The van der Waals surface area contributed by atoms with Crippen LogP contribution in [0, 0.1) is 6.42 Å². The minimum atomic E-state index is 0.817. The summed E-state index contributed by atoms with van der Waals surface area (Å²) in [4.78, 5) is 12.1. The Kier molecular flexibility index (Phi) is 17.6. The Morgan fingerprint density at radius 3 is 1.33 bits per heavy atom. The number of nitrogens with zero attached hydrogens (tertiary/aromatic N) is 3. The fourth-order valence-electron chi connectivity index (χ4n) is 3.63. The first-order chi connectivity index (χ1) is 13.4. The van der Waals surface area contributed by atoms with Crippen LogP contribution in [0.4, 0.5) is 0 Å². The number of hydrogen-bond donors (Lipinski definition) is 0. The van der Waals surface area contributed by atoms with Crippen molar-refractivity contribution in [3.63, 3.8) is 0 Å². The molecule has 0 bridgehead atoms. The summed E-state index contributed by atoms with van der Waals surface area (Å²) in [5.74, 6) is 0.817. The molecular formula is C24H44N3. The Balaban J connectivity index is 1.67. The molecule has 27 heavy (non-hydrogen) atoms. The minimum Gasteiger partial charge on any atom is -0.225 e. The topological polar surface area (TPSA) is 38.7 Å². The predicted molar refractivity (Wildman–Crippen MR) is 117 cm³/mol. The van der Waals surface area contributed by atoms with Gasteiger partial charge in [0.05, 0.1) is 0 Å². The molecular weight excluding hydrogens is 330 g/mol. The zero-order valence-electron chi connectivity index (χ0n) is 18.0. The molecule has 0 atom stereocenters. The van der Waals surface area contributed by atoms with Crippen LogP contribution in [0.25, 0.3) is 0 Å². The third kappa shape index (κ3) is 16.9. The second-order valence-electron chi connectivity index (χ2n) is 8.00. The van der Waals surface area contributed by atoms with Gasteiger partial charge in [-0.25, -0.2) is 15.0 Å². The van der Waals surface area contributed by atoms with Gasteiger partial charge >= 0.3 is 0 Å². The van der Waals surface area contributed by atoms with Crippen molar-refractivity contribution in [1.82, 2.24) is 15.0 Å². The Bertz CT molecular complexity index is 394. The van der Waals surface area contributed by atoms with Gasteiger partial charge in [0.25, 0.3) is 0 Å². The van der Waals surface area contributed by atoms with E-state index in [1.807, 2.05) is 0 Å². The molecule has 1 aromatic rings. The first kappa shape index (κ1) is 24.0. The summed E-state index contributed by atoms with van der Waals surface area (Å²) < 4.78 is 0. The number of aromatic nitrogens is 3. The highest BCUT2D eigenvalue weighted by molar-refractivity contribution is 4.96. The summed E-state index contributed by atoms with van der Waals surface area (Å²) in [6.07, 6.45) is 32.0. The Labute approximate surface area is 169 Å². The quantitative estimate of drug-likeness (QED) is 0.218. The van der Waals surface area contributed by atoms with Crippen molar-refractivity contribution in [3.05, 3.63) is 24.9 Å². The molecule has 0 aliphatic rings. The molecule has 1 radical (unpaired) electrons. The maximum absolute atomic E-state index is 4.12. The van der Waals surface area contributed by atoms with E-state index < -0.39 is 0 Å². The summed E-state index contributed by atoms with van der Waals surface area (Å²) in [5, 5.41) is 0. The normalized spacial score (nSPS) is 11.1. The molecule has 1 aromatic heterocycles. The number of rotatable bonds is 20. The van der Waals surface area contributed by atoms with Crippen LogP contribution < -0.4 is 0 Å². The molecule has 0 unspecified atom stereocenters. The lowest BCUT2D eigenvalue weighted by Gasteiger charge is -2.04. The first-order valence-electron chi connectivity index (χ1n) is 11.9. The molecule has 1 heterocycles. The summed E-state index contributed by atoms with van der Waals surface area (Å²) >= 11 is 0. The highest BCUT2D eigenvalue weighted by atomic mass is 15.0. The smallest absolute Gasteiger partial charge is 0.135 e. The third-order valence-electron chi connectivity index (χ3n) is 5.40. The average Bonchev–Trinajstić information content (AvgIpc) is 2.70. The van der Waals surface area contributed by atoms with Gasteiger partial charge in [-0.2, -0.15) is 0 Å². The summed E-state index contributed by atoms with van der Waals surface area (Å²) in [6.45, 7) is 2.29. The van der Waals surface area contributed by atoms with E-state index in [-0.39, 0.29) is 0 Å². The fraction of sp³-hybridized carbons (Fsp3) is 0.833. The van der Waals surface area contributed by atoms with E-state index in [1.165, 1.54) is 116 Å². The van der Waals surface area contributed by atoms with Gasteiger partial charge in [0.2, 0.25) is 0 Å². The maximum atomic E-state index is 4.12. The van der Waals surface area contributed by atoms with Crippen molar-refractivity contribution >= 4 is 0 Å². The van der Waals surface area contributed by atoms with Gasteiger partial charge in [-0.05, 0) is 6.42 Å². The van der Waals surface area contributed by atoms with Crippen molar-refractivity contribution in [2.45, 2.75) is 129 Å². The third-order valence-corrected chi connectivity index (χ3v) is 5.40. The molecule has 0 aromatic carbocycles. The lowest BCUT2D eigenvalue weighted by molar-refractivity contribution is 0.525. The molecule has 0 N–H and O–H groups in total. The second kappa shape index (κ2) is 19.8. The Morgan fingerprint density at radius 2 is 0.926 bits per heavy atom. The molecule has 3 heteroatoms. The van der Waals surface area contributed by atoms with Crippen LogP contribution >= 0.6 is 0 Å². The van der Waals surface area contributed by atoms with Crippen LogP contribution in [0.1, 0.15) is 135 Å². The van der Waals surface area contributed by atoms with E-state index in [0.717, 1.165) is 12.2 Å². The van der Waals surface area contributed by atoms with Crippen molar-refractivity contribution in [1.29, 1.82) is 0 Å². The Hall–Kier alpha value is -0.990. The van der Waals surface area contributed by atoms with E-state index in [2.05, 4.69) is 28.3 Å². The highest BCUT2D eigenvalue weighted by Gasteiger charge is 1.97. The van der Waals surface area contributed by atoms with Gasteiger partial charge in [-0.15, -0.1) is 0 Å². The second-order valence-corrected chi connectivity index (χ2v) is 8.00. The van der Waals surface area contributed by atoms with E-state index in [1.54, 1.807) is 12.7 Å². The molecule has 1 rings (SSSR count). The summed E-state index contributed by atoms with van der Waals surface area (Å²) in [7, 11) is 0. The summed E-state index contributed by atoms with van der Waals surface area (Å²) in [6, 6.07) is 0. The molecule has 0 aliphatic heterocycles. The lowest BCUT2D eigenvalue weighted by Crippen LogP contribution is -1.92. The van der Waals surface area contributed by atoms with Crippen LogP contribution in [0.5, 0.6) is 0 Å². The van der Waals surface area contributed by atoms with Gasteiger partial charge in [0, 0.05) is 6.42 Å². The Morgan fingerprint density at radius 1 is 0.556 bits per heavy atom. The van der Waals surface area contributed by atoms with E-state index in [9.17, 15) is 0 Å². The highest BCUT2D eigenvalue weighted by Crippen LogP contribution is 2.15. The molecule has 0 saturated heterocycles. The van der Waals surface area contributed by atoms with Crippen molar-refractivity contribution in [2.75, 3.05) is 0 Å². The summed E-state index contributed by atoms with van der Waals surface area (Å²) in [5.41, 5.74) is 0. The van der Waals surface area contributed by atoms with E-state index in [4.69, 9.17) is 0 Å². The van der Waals surface area contributed by atoms with Crippen LogP contribution in [0.3, 0.4) is 0 Å². The zero-order chi connectivity index (χ0) is 19.3. The molecule has 0 fully saturated rings. The van der Waals surface area contributed by atoms with Crippen molar-refractivity contribution in [3.8, 4) is 0 Å². The van der Waals surface area contributed by atoms with Crippen LogP contribution in [-0.2, 0) is 0 Å². The molecule has 0 amide bonds. The standard InChI is InChI=1S/C24H44N3/c1-2-3-4-5-6-7-8-9-10-11-12-13-14-15-16-17-18-19-20-21-24-26-22-25-23-27-24/h21-23H,2-20H2,1H3. The molecule has 0 aliphatic carbocycles. The van der Waals surface area contributed by atoms with Gasteiger partial charge in [0.15, 0.2) is 0 Å². The SMILES string of the molecule is CCCCCCCCCCCCCCCCCCCC[CH]c1ncncn1. The fourth-order valence-corrected chi connectivity index (χ4v) is 3.63. The molecule has 155 valence electrons. The largest absolute Gasteiger partial charge is 0.225 e. The monoisotopic (exact) mass is 374 g/mol. The molecule has 0 saturated carbocycles. The van der Waals surface area contributed by atoms with E-state index >= 15 is 0 Å². The molecule has 3 nitrogen and oxygen atoms in total. The first-order valence-corrected chi connectivity index (χ1v) is 11.9. The molecule has 0 spiro atoms. The van der Waals surface area contributed by atoms with E-state index in [0.29, 0.717) is 0 Å². The zero-order valence-corrected chi connectivity index (χ0v) is 18.0. The average molecular weight is 375 g/mol. The van der Waals surface area contributed by atoms with Crippen LogP contribution in [0.15, 0.2) is 12.7 Å². The van der Waals surface area contributed by atoms with Crippen LogP contribution in [-0.4, -0.2) is 15.0 Å². The van der Waals surface area contributed by atoms with Crippen LogP contribution in [0.2, 0.25) is 0 Å². The lowest BCUT2D eigenvalue weighted by atomic mass is 10.0. The van der Waals surface area contributed by atoms with Crippen molar-refractivity contribution < 1.29 is 0 Å². The van der Waals surface area contributed by atoms with Gasteiger partial charge in [-0.3, -0.25) is 0 Å².